The Bertz CT molecular complexity index is 196. The molecule has 0 heterocycles. The SMILES string of the molecule is CO[Si](OC)(OC)C([SiH3])CCN=C=O. The molecule has 0 amide bonds. The highest BCUT2D eigenvalue weighted by Gasteiger charge is 2.43. The first kappa shape index (κ1) is 13.7. The zero-order valence-corrected chi connectivity index (χ0v) is 12.1. The van der Waals surface area contributed by atoms with E-state index in [0.717, 1.165) is 16.7 Å². The van der Waals surface area contributed by atoms with Gasteiger partial charge in [-0.2, -0.15) is 0 Å². The van der Waals surface area contributed by atoms with Crippen LogP contribution in [0.2, 0.25) is 5.16 Å². The molecule has 1 atom stereocenters. The van der Waals surface area contributed by atoms with E-state index < -0.39 is 8.80 Å². The van der Waals surface area contributed by atoms with Gasteiger partial charge >= 0.3 is 8.80 Å². The van der Waals surface area contributed by atoms with Crippen molar-refractivity contribution >= 4 is 25.1 Å². The first-order chi connectivity index (χ1) is 6.66. The van der Waals surface area contributed by atoms with Crippen molar-refractivity contribution in [3.05, 3.63) is 0 Å². The summed E-state index contributed by atoms with van der Waals surface area (Å²) in [5.74, 6) is 0. The minimum absolute atomic E-state index is 0.250. The van der Waals surface area contributed by atoms with Crippen molar-refractivity contribution in [3.8, 4) is 0 Å². The molecule has 0 aromatic heterocycles. The quantitative estimate of drug-likeness (QED) is 0.332. The molecule has 0 aliphatic heterocycles. The summed E-state index contributed by atoms with van der Waals surface area (Å²) in [6.45, 7) is 0.461. The molecule has 82 valence electrons. The lowest BCUT2D eigenvalue weighted by Gasteiger charge is -2.29. The number of isocyanates is 1. The molecule has 7 heteroatoms. The van der Waals surface area contributed by atoms with Gasteiger partial charge in [0.25, 0.3) is 0 Å². The van der Waals surface area contributed by atoms with Crippen LogP contribution in [0, 0.1) is 0 Å². The van der Waals surface area contributed by atoms with Crippen molar-refractivity contribution in [1.82, 2.24) is 0 Å². The zero-order chi connectivity index (χ0) is 11.0. The Hall–Kier alpha value is -0.306. The van der Waals surface area contributed by atoms with Gasteiger partial charge in [0.2, 0.25) is 6.08 Å². The standard InChI is InChI=1S/C7H17NO4Si2/c1-10-14(11-2,12-3)7(13)4-5-8-6-9/h7H,4-5H2,1-3,13H3. The first-order valence-electron chi connectivity index (χ1n) is 4.36. The van der Waals surface area contributed by atoms with Crippen molar-refractivity contribution in [1.29, 1.82) is 0 Å². The highest BCUT2D eigenvalue weighted by atomic mass is 28.4. The van der Waals surface area contributed by atoms with Crippen LogP contribution in [-0.2, 0) is 18.1 Å². The van der Waals surface area contributed by atoms with Crippen molar-refractivity contribution in [2.45, 2.75) is 11.6 Å². The molecule has 14 heavy (non-hydrogen) atoms. The minimum atomic E-state index is -2.50. The van der Waals surface area contributed by atoms with Crippen molar-refractivity contribution < 1.29 is 18.1 Å². The zero-order valence-electron chi connectivity index (χ0n) is 9.07. The second kappa shape index (κ2) is 7.05. The summed E-state index contributed by atoms with van der Waals surface area (Å²) < 4.78 is 16.0. The fraction of sp³-hybridized carbons (Fsp3) is 0.857. The summed E-state index contributed by atoms with van der Waals surface area (Å²) in [6.07, 6.45) is 2.27. The van der Waals surface area contributed by atoms with E-state index in [9.17, 15) is 4.79 Å². The fourth-order valence-corrected chi connectivity index (χ4v) is 5.90. The number of rotatable bonds is 7. The Morgan fingerprint density at radius 2 is 1.86 bits per heavy atom. The molecule has 1 unspecified atom stereocenters. The van der Waals surface area contributed by atoms with Crippen LogP contribution >= 0.6 is 0 Å². The summed E-state index contributed by atoms with van der Waals surface area (Å²) in [5.41, 5.74) is 0. The molecule has 0 aromatic rings. The number of hydrogen-bond acceptors (Lipinski definition) is 5. The summed E-state index contributed by atoms with van der Waals surface area (Å²) >= 11 is 0. The van der Waals surface area contributed by atoms with Gasteiger partial charge in [-0.1, -0.05) is 0 Å². The van der Waals surface area contributed by atoms with Crippen LogP contribution in [0.25, 0.3) is 0 Å². The van der Waals surface area contributed by atoms with Gasteiger partial charge in [0.05, 0.1) is 6.54 Å². The summed E-state index contributed by atoms with van der Waals surface area (Å²) in [7, 11) is 3.16. The largest absolute Gasteiger partial charge is 0.499 e. The van der Waals surface area contributed by atoms with Gasteiger partial charge < -0.3 is 13.3 Å². The van der Waals surface area contributed by atoms with Crippen LogP contribution < -0.4 is 0 Å². The molecule has 0 spiro atoms. The van der Waals surface area contributed by atoms with Gasteiger partial charge in [0.15, 0.2) is 0 Å². The lowest BCUT2D eigenvalue weighted by molar-refractivity contribution is 0.119. The predicted molar refractivity (Wildman–Crippen MR) is 58.1 cm³/mol. The summed E-state index contributed by atoms with van der Waals surface area (Å²) in [6, 6.07) is 0. The smallest absolute Gasteiger partial charge is 0.377 e. The normalized spacial score (nSPS) is 13.6. The fourth-order valence-electron chi connectivity index (χ4n) is 1.33. The molecule has 0 aliphatic rings. The Labute approximate surface area is 88.2 Å². The lowest BCUT2D eigenvalue weighted by atomic mass is 10.5. The molecule has 0 radical (unpaired) electrons. The average Bonchev–Trinajstić information content (AvgIpc) is 2.22. The Morgan fingerprint density at radius 1 is 1.36 bits per heavy atom. The third-order valence-corrected chi connectivity index (χ3v) is 8.10. The van der Waals surface area contributed by atoms with Crippen LogP contribution in [0.4, 0.5) is 0 Å². The van der Waals surface area contributed by atoms with Crippen molar-refractivity contribution in [2.24, 2.45) is 4.99 Å². The maximum absolute atomic E-state index is 9.88. The highest BCUT2D eigenvalue weighted by molar-refractivity contribution is 6.69. The molecule has 0 saturated heterocycles. The van der Waals surface area contributed by atoms with Gasteiger partial charge in [-0.15, -0.1) is 0 Å². The van der Waals surface area contributed by atoms with Crippen LogP contribution in [0.5, 0.6) is 0 Å². The summed E-state index contributed by atoms with van der Waals surface area (Å²) in [4.78, 5) is 13.4. The monoisotopic (exact) mass is 235 g/mol. The van der Waals surface area contributed by atoms with Gasteiger partial charge in [0, 0.05) is 36.7 Å². The topological polar surface area (TPSA) is 57.1 Å². The van der Waals surface area contributed by atoms with E-state index in [1.807, 2.05) is 0 Å². The maximum atomic E-state index is 9.88. The molecule has 0 rings (SSSR count). The molecule has 5 nitrogen and oxygen atoms in total. The van der Waals surface area contributed by atoms with E-state index in [-0.39, 0.29) is 5.16 Å². The lowest BCUT2D eigenvalue weighted by Crippen LogP contribution is -2.48. The Balaban J connectivity index is 4.27. The van der Waals surface area contributed by atoms with E-state index in [1.54, 1.807) is 21.3 Å². The second-order valence-electron chi connectivity index (χ2n) is 2.88. The number of hydrogen-bond donors (Lipinski definition) is 0. The van der Waals surface area contributed by atoms with E-state index in [4.69, 9.17) is 13.3 Å². The second-order valence-corrected chi connectivity index (χ2v) is 8.84. The molecular weight excluding hydrogens is 218 g/mol. The Morgan fingerprint density at radius 3 is 2.21 bits per heavy atom. The number of carbonyl (C=O) groups excluding carboxylic acids is 1. The number of nitrogens with zero attached hydrogens (tertiary/aromatic N) is 1. The molecular formula is C7H17NO4Si2. The van der Waals surface area contributed by atoms with Gasteiger partial charge in [-0.3, -0.25) is 0 Å². The Kier molecular flexibility index (Phi) is 6.89. The molecule has 0 N–H and O–H groups in total. The van der Waals surface area contributed by atoms with Gasteiger partial charge in [-0.25, -0.2) is 9.79 Å². The summed E-state index contributed by atoms with van der Waals surface area (Å²) in [5, 5.41) is 0.250. The van der Waals surface area contributed by atoms with Gasteiger partial charge in [-0.05, 0) is 6.42 Å². The van der Waals surface area contributed by atoms with Crippen molar-refractivity contribution in [2.75, 3.05) is 27.9 Å². The highest BCUT2D eigenvalue weighted by Crippen LogP contribution is 2.23. The van der Waals surface area contributed by atoms with Crippen LogP contribution in [-0.4, -0.2) is 53.0 Å². The third kappa shape index (κ3) is 3.45. The average molecular weight is 235 g/mol. The van der Waals surface area contributed by atoms with E-state index in [2.05, 4.69) is 4.99 Å². The third-order valence-electron chi connectivity index (χ3n) is 2.20. The molecule has 0 aliphatic carbocycles. The minimum Gasteiger partial charge on any atom is -0.377 e. The molecule has 0 bridgehead atoms. The van der Waals surface area contributed by atoms with E-state index in [0.29, 0.717) is 6.54 Å². The molecule has 0 aromatic carbocycles. The van der Waals surface area contributed by atoms with Crippen LogP contribution in [0.1, 0.15) is 6.42 Å². The van der Waals surface area contributed by atoms with Gasteiger partial charge in [0.1, 0.15) is 0 Å². The van der Waals surface area contributed by atoms with Crippen molar-refractivity contribution in [3.63, 3.8) is 0 Å². The number of aliphatic imine (C=N–C) groups is 1. The van der Waals surface area contributed by atoms with E-state index in [1.165, 1.54) is 6.08 Å². The molecule has 0 fully saturated rings. The maximum Gasteiger partial charge on any atom is 0.499 e. The first-order valence-corrected chi connectivity index (χ1v) is 7.31. The van der Waals surface area contributed by atoms with Crippen LogP contribution in [0.15, 0.2) is 4.99 Å². The van der Waals surface area contributed by atoms with Crippen LogP contribution in [0.3, 0.4) is 0 Å². The van der Waals surface area contributed by atoms with E-state index >= 15 is 0 Å². The predicted octanol–water partition coefficient (Wildman–Crippen LogP) is -0.717. The molecule has 0 saturated carbocycles.